The Morgan fingerprint density at radius 2 is 1.80 bits per heavy atom. The van der Waals surface area contributed by atoms with Gasteiger partial charge < -0.3 is 9.64 Å². The molecule has 0 heterocycles. The molecule has 1 atom stereocenters. The van der Waals surface area contributed by atoms with Crippen molar-refractivity contribution in [1.29, 1.82) is 0 Å². The van der Waals surface area contributed by atoms with Crippen molar-refractivity contribution in [3.8, 4) is 0 Å². The van der Waals surface area contributed by atoms with Crippen molar-refractivity contribution in [3.05, 3.63) is 29.8 Å². The minimum Gasteiger partial charge on any atom is -0.459 e. The zero-order chi connectivity index (χ0) is 15.0. The zero-order valence-electron chi connectivity index (χ0n) is 13.2. The Morgan fingerprint density at radius 1 is 1.15 bits per heavy atom. The van der Waals surface area contributed by atoms with Crippen LogP contribution in [0.4, 0.5) is 5.69 Å². The normalized spacial score (nSPS) is 12.0. The Bertz CT molecular complexity index is 398. The zero-order valence-corrected chi connectivity index (χ0v) is 13.2. The Labute approximate surface area is 122 Å². The van der Waals surface area contributed by atoms with Crippen LogP contribution in [0.3, 0.4) is 0 Å². The number of esters is 1. The second-order valence-corrected chi connectivity index (χ2v) is 5.37. The van der Waals surface area contributed by atoms with Gasteiger partial charge in [0.25, 0.3) is 0 Å². The summed E-state index contributed by atoms with van der Waals surface area (Å²) in [6, 6.07) is 7.54. The van der Waals surface area contributed by atoms with Gasteiger partial charge in [0.2, 0.25) is 0 Å². The number of carbonyl (C=O) groups excluding carboxylic acids is 1. The summed E-state index contributed by atoms with van der Waals surface area (Å²) < 4.78 is 5.58. The number of benzene rings is 1. The smallest absolute Gasteiger partial charge is 0.338 e. The first kappa shape index (κ1) is 16.5. The third kappa shape index (κ3) is 5.24. The summed E-state index contributed by atoms with van der Waals surface area (Å²) in [4.78, 5) is 14.1. The summed E-state index contributed by atoms with van der Waals surface area (Å²) in [5.74, 6) is -0.210. The third-order valence-electron chi connectivity index (χ3n) is 3.48. The first-order valence-corrected chi connectivity index (χ1v) is 7.56. The molecule has 0 aliphatic heterocycles. The summed E-state index contributed by atoms with van der Waals surface area (Å²) in [7, 11) is 3.96. The molecule has 1 aromatic rings. The van der Waals surface area contributed by atoms with Gasteiger partial charge >= 0.3 is 5.97 Å². The molecule has 1 rings (SSSR count). The molecule has 1 unspecified atom stereocenters. The molecule has 0 N–H and O–H groups in total. The SMILES string of the molecule is CCCCCC(CC)OC(=O)c1ccc(N(C)C)cc1. The lowest BCUT2D eigenvalue weighted by atomic mass is 10.1. The van der Waals surface area contributed by atoms with Crippen LogP contribution in [0.15, 0.2) is 24.3 Å². The Hall–Kier alpha value is -1.51. The van der Waals surface area contributed by atoms with Crippen molar-refractivity contribution < 1.29 is 9.53 Å². The largest absolute Gasteiger partial charge is 0.459 e. The summed E-state index contributed by atoms with van der Waals surface area (Å²) in [5.41, 5.74) is 1.71. The van der Waals surface area contributed by atoms with E-state index in [4.69, 9.17) is 4.74 Å². The van der Waals surface area contributed by atoms with E-state index in [1.165, 1.54) is 12.8 Å². The van der Waals surface area contributed by atoms with Crippen LogP contribution in [0.2, 0.25) is 0 Å². The van der Waals surface area contributed by atoms with Crippen LogP contribution < -0.4 is 4.90 Å². The van der Waals surface area contributed by atoms with Crippen molar-refractivity contribution in [2.24, 2.45) is 0 Å². The van der Waals surface area contributed by atoms with E-state index in [9.17, 15) is 4.79 Å². The highest BCUT2D eigenvalue weighted by Crippen LogP contribution is 2.16. The Balaban J connectivity index is 2.55. The Morgan fingerprint density at radius 3 is 2.30 bits per heavy atom. The summed E-state index contributed by atoms with van der Waals surface area (Å²) in [6.07, 6.45) is 5.41. The van der Waals surface area contributed by atoms with Crippen molar-refractivity contribution in [2.45, 2.75) is 52.1 Å². The van der Waals surface area contributed by atoms with Crippen LogP contribution in [-0.4, -0.2) is 26.2 Å². The van der Waals surface area contributed by atoms with E-state index in [0.717, 1.165) is 24.9 Å². The number of rotatable bonds is 8. The van der Waals surface area contributed by atoms with Crippen LogP contribution in [0.1, 0.15) is 56.3 Å². The molecule has 0 bridgehead atoms. The van der Waals surface area contributed by atoms with Crippen molar-refractivity contribution in [3.63, 3.8) is 0 Å². The van der Waals surface area contributed by atoms with E-state index in [2.05, 4.69) is 13.8 Å². The lowest BCUT2D eigenvalue weighted by molar-refractivity contribution is 0.0267. The van der Waals surface area contributed by atoms with Gasteiger partial charge in [0.15, 0.2) is 0 Å². The summed E-state index contributed by atoms with van der Waals surface area (Å²) in [6.45, 7) is 4.25. The van der Waals surface area contributed by atoms with E-state index in [1.807, 2.05) is 43.3 Å². The minimum absolute atomic E-state index is 0.0441. The molecule has 112 valence electrons. The fraction of sp³-hybridized carbons (Fsp3) is 0.588. The van der Waals surface area contributed by atoms with E-state index in [0.29, 0.717) is 5.56 Å². The molecule has 0 amide bonds. The maximum atomic E-state index is 12.1. The molecular formula is C17H27NO2. The predicted octanol–water partition coefficient (Wildman–Crippen LogP) is 4.27. The molecule has 0 fully saturated rings. The average molecular weight is 277 g/mol. The number of ether oxygens (including phenoxy) is 1. The quantitative estimate of drug-likeness (QED) is 0.525. The van der Waals surface area contributed by atoms with Crippen molar-refractivity contribution in [2.75, 3.05) is 19.0 Å². The standard InChI is InChI=1S/C17H27NO2/c1-5-7-8-9-16(6-2)20-17(19)14-10-12-15(13-11-14)18(3)4/h10-13,16H,5-9H2,1-4H3. The molecule has 0 saturated carbocycles. The van der Waals surface area contributed by atoms with Gasteiger partial charge in [0.05, 0.1) is 5.56 Å². The first-order chi connectivity index (χ1) is 9.58. The molecular weight excluding hydrogens is 250 g/mol. The van der Waals surface area contributed by atoms with Crippen molar-refractivity contribution >= 4 is 11.7 Å². The second-order valence-electron chi connectivity index (χ2n) is 5.37. The van der Waals surface area contributed by atoms with Gasteiger partial charge in [0.1, 0.15) is 6.10 Å². The molecule has 0 spiro atoms. The van der Waals surface area contributed by atoms with Crippen molar-refractivity contribution in [1.82, 2.24) is 0 Å². The lowest BCUT2D eigenvalue weighted by Crippen LogP contribution is -2.17. The molecule has 0 saturated heterocycles. The highest BCUT2D eigenvalue weighted by molar-refractivity contribution is 5.89. The molecule has 1 aromatic carbocycles. The molecule has 0 aliphatic rings. The van der Waals surface area contributed by atoms with Gasteiger partial charge in [-0.15, -0.1) is 0 Å². The highest BCUT2D eigenvalue weighted by Gasteiger charge is 2.14. The fourth-order valence-corrected chi connectivity index (χ4v) is 2.08. The minimum atomic E-state index is -0.210. The average Bonchev–Trinajstić information content (AvgIpc) is 2.46. The van der Waals surface area contributed by atoms with E-state index in [1.54, 1.807) is 0 Å². The molecule has 3 nitrogen and oxygen atoms in total. The summed E-state index contributed by atoms with van der Waals surface area (Å²) in [5, 5.41) is 0. The van der Waals surface area contributed by atoms with Crippen LogP contribution in [0.5, 0.6) is 0 Å². The van der Waals surface area contributed by atoms with Crippen LogP contribution in [-0.2, 0) is 4.74 Å². The van der Waals surface area contributed by atoms with Gasteiger partial charge in [-0.3, -0.25) is 0 Å². The number of hydrogen-bond acceptors (Lipinski definition) is 3. The number of hydrogen-bond donors (Lipinski definition) is 0. The second kappa shape index (κ2) is 8.62. The Kier molecular flexibility index (Phi) is 7.13. The number of unbranched alkanes of at least 4 members (excludes halogenated alkanes) is 2. The number of carbonyl (C=O) groups is 1. The van der Waals surface area contributed by atoms with Gasteiger partial charge in [-0.1, -0.05) is 26.7 Å². The van der Waals surface area contributed by atoms with Gasteiger partial charge in [0, 0.05) is 19.8 Å². The van der Waals surface area contributed by atoms with Gasteiger partial charge in [-0.2, -0.15) is 0 Å². The van der Waals surface area contributed by atoms with Gasteiger partial charge in [-0.25, -0.2) is 4.79 Å². The first-order valence-electron chi connectivity index (χ1n) is 7.56. The number of anilines is 1. The van der Waals surface area contributed by atoms with Gasteiger partial charge in [-0.05, 0) is 43.5 Å². The molecule has 3 heteroatoms. The summed E-state index contributed by atoms with van der Waals surface area (Å²) >= 11 is 0. The predicted molar refractivity (Wildman–Crippen MR) is 84.4 cm³/mol. The lowest BCUT2D eigenvalue weighted by Gasteiger charge is -2.17. The van der Waals surface area contributed by atoms with Crippen LogP contribution in [0.25, 0.3) is 0 Å². The third-order valence-corrected chi connectivity index (χ3v) is 3.48. The van der Waals surface area contributed by atoms with Crippen LogP contribution >= 0.6 is 0 Å². The highest BCUT2D eigenvalue weighted by atomic mass is 16.5. The molecule has 20 heavy (non-hydrogen) atoms. The number of nitrogens with zero attached hydrogens (tertiary/aromatic N) is 1. The fourth-order valence-electron chi connectivity index (χ4n) is 2.08. The maximum absolute atomic E-state index is 12.1. The van der Waals surface area contributed by atoms with E-state index >= 15 is 0 Å². The molecule has 0 aromatic heterocycles. The van der Waals surface area contributed by atoms with Crippen LogP contribution in [0, 0.1) is 0 Å². The maximum Gasteiger partial charge on any atom is 0.338 e. The molecule has 0 radical (unpaired) electrons. The molecule has 0 aliphatic carbocycles. The van der Waals surface area contributed by atoms with E-state index in [-0.39, 0.29) is 12.1 Å². The van der Waals surface area contributed by atoms with E-state index < -0.39 is 0 Å². The topological polar surface area (TPSA) is 29.5 Å². The monoisotopic (exact) mass is 277 g/mol.